The number of hydrogen-bond donors (Lipinski definition) is 1. The molecule has 1 fully saturated rings. The van der Waals surface area contributed by atoms with Crippen molar-refractivity contribution in [2.24, 2.45) is 0 Å². The SMILES string of the molecule is Nc1cnc(C2CCC(F)(F)CC2)cn1. The van der Waals surface area contributed by atoms with Gasteiger partial charge in [0.25, 0.3) is 0 Å². The van der Waals surface area contributed by atoms with Gasteiger partial charge in [0.2, 0.25) is 5.92 Å². The van der Waals surface area contributed by atoms with E-state index in [1.165, 1.54) is 6.20 Å². The molecule has 3 nitrogen and oxygen atoms in total. The fraction of sp³-hybridized carbons (Fsp3) is 0.600. The van der Waals surface area contributed by atoms with Crippen molar-refractivity contribution in [3.63, 3.8) is 0 Å². The summed E-state index contributed by atoms with van der Waals surface area (Å²) in [7, 11) is 0. The number of anilines is 1. The third-order valence-corrected chi connectivity index (χ3v) is 2.83. The summed E-state index contributed by atoms with van der Waals surface area (Å²) in [6.45, 7) is 0. The monoisotopic (exact) mass is 213 g/mol. The average molecular weight is 213 g/mol. The van der Waals surface area contributed by atoms with Gasteiger partial charge in [-0.15, -0.1) is 0 Å². The van der Waals surface area contributed by atoms with E-state index in [4.69, 9.17) is 5.73 Å². The third-order valence-electron chi connectivity index (χ3n) is 2.83. The van der Waals surface area contributed by atoms with E-state index >= 15 is 0 Å². The number of hydrogen-bond acceptors (Lipinski definition) is 3. The van der Waals surface area contributed by atoms with Gasteiger partial charge in [-0.25, -0.2) is 13.8 Å². The van der Waals surface area contributed by atoms with E-state index in [0.717, 1.165) is 5.69 Å². The molecule has 15 heavy (non-hydrogen) atoms. The molecule has 0 saturated heterocycles. The van der Waals surface area contributed by atoms with Crippen LogP contribution < -0.4 is 5.73 Å². The van der Waals surface area contributed by atoms with Gasteiger partial charge in [-0.05, 0) is 12.8 Å². The fourth-order valence-corrected chi connectivity index (χ4v) is 1.89. The maximum atomic E-state index is 12.9. The maximum Gasteiger partial charge on any atom is 0.248 e. The van der Waals surface area contributed by atoms with E-state index in [2.05, 4.69) is 9.97 Å². The lowest BCUT2D eigenvalue weighted by atomic mass is 9.85. The highest BCUT2D eigenvalue weighted by Crippen LogP contribution is 2.39. The van der Waals surface area contributed by atoms with Gasteiger partial charge < -0.3 is 5.73 Å². The van der Waals surface area contributed by atoms with Crippen LogP contribution in [-0.4, -0.2) is 15.9 Å². The first-order chi connectivity index (χ1) is 7.07. The summed E-state index contributed by atoms with van der Waals surface area (Å²) >= 11 is 0. The molecule has 0 bridgehead atoms. The van der Waals surface area contributed by atoms with E-state index in [1.54, 1.807) is 6.20 Å². The number of halogens is 2. The van der Waals surface area contributed by atoms with Crippen molar-refractivity contribution >= 4 is 5.82 Å². The number of nitrogens with zero attached hydrogens (tertiary/aromatic N) is 2. The average Bonchev–Trinajstić information content (AvgIpc) is 2.20. The topological polar surface area (TPSA) is 51.8 Å². The summed E-state index contributed by atoms with van der Waals surface area (Å²) in [6, 6.07) is 0. The lowest BCUT2D eigenvalue weighted by molar-refractivity contribution is -0.0385. The van der Waals surface area contributed by atoms with Gasteiger partial charge in [-0.2, -0.15) is 0 Å². The second-order valence-electron chi connectivity index (χ2n) is 4.00. The van der Waals surface area contributed by atoms with Crippen molar-refractivity contribution in [1.82, 2.24) is 9.97 Å². The standard InChI is InChI=1S/C10H13F2N3/c11-10(12)3-1-7(2-4-10)8-5-15-9(13)6-14-8/h5-7H,1-4H2,(H2,13,15). The Balaban J connectivity index is 2.04. The van der Waals surface area contributed by atoms with Crippen LogP contribution in [-0.2, 0) is 0 Å². The Morgan fingerprint density at radius 3 is 2.40 bits per heavy atom. The molecule has 0 spiro atoms. The molecule has 1 aromatic rings. The number of nitrogen functional groups attached to an aromatic ring is 1. The molecule has 0 aromatic carbocycles. The first kappa shape index (κ1) is 10.3. The summed E-state index contributed by atoms with van der Waals surface area (Å²) in [5.41, 5.74) is 6.18. The van der Waals surface area contributed by atoms with Crippen molar-refractivity contribution in [1.29, 1.82) is 0 Å². The van der Waals surface area contributed by atoms with E-state index in [1.807, 2.05) is 0 Å². The zero-order chi connectivity index (χ0) is 10.9. The van der Waals surface area contributed by atoms with Gasteiger partial charge in [0, 0.05) is 18.8 Å². The van der Waals surface area contributed by atoms with E-state index in [-0.39, 0.29) is 18.8 Å². The minimum Gasteiger partial charge on any atom is -0.382 e. The molecule has 5 heteroatoms. The minimum absolute atomic E-state index is 0.0519. The molecule has 1 aliphatic carbocycles. The molecule has 1 aliphatic rings. The minimum atomic E-state index is -2.49. The molecule has 0 unspecified atom stereocenters. The molecule has 0 aliphatic heterocycles. The first-order valence-electron chi connectivity index (χ1n) is 5.02. The summed E-state index contributed by atoms with van der Waals surface area (Å²) < 4.78 is 25.8. The van der Waals surface area contributed by atoms with Crippen LogP contribution in [0.3, 0.4) is 0 Å². The number of alkyl halides is 2. The van der Waals surface area contributed by atoms with Crippen molar-refractivity contribution in [2.75, 3.05) is 5.73 Å². The van der Waals surface area contributed by atoms with Crippen molar-refractivity contribution < 1.29 is 8.78 Å². The Labute approximate surface area is 86.7 Å². The number of aromatic nitrogens is 2. The van der Waals surface area contributed by atoms with Gasteiger partial charge >= 0.3 is 0 Å². The molecule has 2 N–H and O–H groups in total. The molecule has 1 saturated carbocycles. The molecule has 0 atom stereocenters. The second kappa shape index (κ2) is 3.72. The van der Waals surface area contributed by atoms with Crippen LogP contribution in [0.5, 0.6) is 0 Å². The molecular weight excluding hydrogens is 200 g/mol. The van der Waals surface area contributed by atoms with Crippen LogP contribution in [0.25, 0.3) is 0 Å². The van der Waals surface area contributed by atoms with Crippen LogP contribution in [0.1, 0.15) is 37.3 Å². The van der Waals surface area contributed by atoms with Crippen LogP contribution in [0.2, 0.25) is 0 Å². The first-order valence-corrected chi connectivity index (χ1v) is 5.02. The van der Waals surface area contributed by atoms with Crippen molar-refractivity contribution in [2.45, 2.75) is 37.5 Å². The smallest absolute Gasteiger partial charge is 0.248 e. The van der Waals surface area contributed by atoms with Crippen LogP contribution in [0, 0.1) is 0 Å². The lowest BCUT2D eigenvalue weighted by Gasteiger charge is -2.27. The highest BCUT2D eigenvalue weighted by Gasteiger charge is 2.35. The molecular formula is C10H13F2N3. The highest BCUT2D eigenvalue weighted by atomic mass is 19.3. The molecule has 0 radical (unpaired) electrons. The Kier molecular flexibility index (Phi) is 2.54. The zero-order valence-electron chi connectivity index (χ0n) is 8.29. The van der Waals surface area contributed by atoms with Crippen molar-refractivity contribution in [3.8, 4) is 0 Å². The fourth-order valence-electron chi connectivity index (χ4n) is 1.89. The van der Waals surface area contributed by atoms with Gasteiger partial charge in [0.05, 0.1) is 18.1 Å². The summed E-state index contributed by atoms with van der Waals surface area (Å²) in [6.07, 6.45) is 3.91. The maximum absolute atomic E-state index is 12.9. The van der Waals surface area contributed by atoms with Crippen LogP contribution in [0.15, 0.2) is 12.4 Å². The Morgan fingerprint density at radius 2 is 1.87 bits per heavy atom. The van der Waals surface area contributed by atoms with Gasteiger partial charge in [0.1, 0.15) is 5.82 Å². The number of rotatable bonds is 1. The Morgan fingerprint density at radius 1 is 1.20 bits per heavy atom. The van der Waals surface area contributed by atoms with E-state index in [9.17, 15) is 8.78 Å². The summed E-state index contributed by atoms with van der Waals surface area (Å²) in [4.78, 5) is 8.04. The number of nitrogens with two attached hydrogens (primary N) is 1. The molecule has 0 amide bonds. The summed E-state index contributed by atoms with van der Waals surface area (Å²) in [5.74, 6) is -2.02. The quantitative estimate of drug-likeness (QED) is 0.779. The molecule has 1 aromatic heterocycles. The van der Waals surface area contributed by atoms with Gasteiger partial charge in [-0.1, -0.05) is 0 Å². The van der Waals surface area contributed by atoms with Gasteiger partial charge in [-0.3, -0.25) is 4.98 Å². The molecule has 2 rings (SSSR count). The van der Waals surface area contributed by atoms with Gasteiger partial charge in [0.15, 0.2) is 0 Å². The van der Waals surface area contributed by atoms with E-state index < -0.39 is 5.92 Å². The highest BCUT2D eigenvalue weighted by molar-refractivity contribution is 5.24. The third kappa shape index (κ3) is 2.40. The van der Waals surface area contributed by atoms with Crippen LogP contribution in [0.4, 0.5) is 14.6 Å². The van der Waals surface area contributed by atoms with Crippen LogP contribution >= 0.6 is 0 Å². The second-order valence-corrected chi connectivity index (χ2v) is 4.00. The van der Waals surface area contributed by atoms with Crippen molar-refractivity contribution in [3.05, 3.63) is 18.1 Å². The predicted octanol–water partition coefficient (Wildman–Crippen LogP) is 2.35. The lowest BCUT2D eigenvalue weighted by Crippen LogP contribution is -2.24. The predicted molar refractivity (Wildman–Crippen MR) is 52.6 cm³/mol. The zero-order valence-corrected chi connectivity index (χ0v) is 8.29. The summed E-state index contributed by atoms with van der Waals surface area (Å²) in [5, 5.41) is 0. The van der Waals surface area contributed by atoms with E-state index in [0.29, 0.717) is 18.7 Å². The molecule has 82 valence electrons. The largest absolute Gasteiger partial charge is 0.382 e. The normalized spacial score (nSPS) is 21.5. The Bertz CT molecular complexity index is 327. The Hall–Kier alpha value is -1.26. The molecule has 1 heterocycles.